The summed E-state index contributed by atoms with van der Waals surface area (Å²) in [4.78, 5) is 18.5. The molecule has 0 spiro atoms. The number of amides is 1. The summed E-state index contributed by atoms with van der Waals surface area (Å²) in [5.74, 6) is 0.658. The van der Waals surface area contributed by atoms with E-state index in [2.05, 4.69) is 10.1 Å². The molecule has 0 bridgehead atoms. The van der Waals surface area contributed by atoms with E-state index in [1.807, 2.05) is 12.1 Å². The topological polar surface area (TPSA) is 68.5 Å². The number of aromatic nitrogens is 2. The van der Waals surface area contributed by atoms with Crippen LogP contribution in [0, 0.1) is 5.82 Å². The van der Waals surface area contributed by atoms with Crippen LogP contribution >= 0.6 is 11.6 Å². The van der Waals surface area contributed by atoms with Crippen LogP contribution in [0.3, 0.4) is 0 Å². The fraction of sp³-hybridized carbons (Fsp3) is 0.211. The Kier molecular flexibility index (Phi) is 4.53. The Hall–Kier alpha value is -2.93. The molecule has 3 aromatic rings. The molecular weight excluding hydrogens is 373 g/mol. The number of anilines is 1. The Bertz CT molecular complexity index is 990. The van der Waals surface area contributed by atoms with Crippen molar-refractivity contribution in [1.29, 1.82) is 0 Å². The van der Waals surface area contributed by atoms with Gasteiger partial charge in [0.05, 0.1) is 18.1 Å². The highest BCUT2D eigenvalue weighted by Gasteiger charge is 2.35. The number of carbonyl (C=O) groups excluding carboxylic acids is 1. The van der Waals surface area contributed by atoms with Gasteiger partial charge < -0.3 is 14.2 Å². The first-order valence-electron chi connectivity index (χ1n) is 8.28. The van der Waals surface area contributed by atoms with Crippen molar-refractivity contribution < 1.29 is 18.4 Å². The standard InChI is InChI=1S/C19H15ClFN3O3/c1-26-14-5-3-13(4-6-14)24-10-12(9-17(24)25)19-22-18(23-27-19)11-2-7-16(21)15(20)8-11/h2-8,12H,9-10H2,1H3. The third kappa shape index (κ3) is 3.38. The SMILES string of the molecule is COc1ccc(N2CC(c3nc(-c4ccc(F)c(Cl)c4)no3)CC2=O)cc1. The van der Waals surface area contributed by atoms with Crippen molar-refractivity contribution in [3.05, 3.63) is 59.2 Å². The van der Waals surface area contributed by atoms with Crippen molar-refractivity contribution in [3.8, 4) is 17.1 Å². The van der Waals surface area contributed by atoms with Crippen LogP contribution in [0.1, 0.15) is 18.2 Å². The molecule has 1 aliphatic rings. The van der Waals surface area contributed by atoms with Gasteiger partial charge in [0.1, 0.15) is 11.6 Å². The van der Waals surface area contributed by atoms with Crippen LogP contribution in [-0.2, 0) is 4.79 Å². The van der Waals surface area contributed by atoms with Gasteiger partial charge in [0.25, 0.3) is 0 Å². The maximum absolute atomic E-state index is 13.3. The van der Waals surface area contributed by atoms with Crippen molar-refractivity contribution >= 4 is 23.2 Å². The molecule has 138 valence electrons. The molecule has 4 rings (SSSR count). The molecule has 1 atom stereocenters. The van der Waals surface area contributed by atoms with E-state index in [1.54, 1.807) is 24.1 Å². The first-order valence-corrected chi connectivity index (χ1v) is 8.66. The summed E-state index contributed by atoms with van der Waals surface area (Å²) < 4.78 is 23.8. The fourth-order valence-corrected chi connectivity index (χ4v) is 3.22. The second-order valence-corrected chi connectivity index (χ2v) is 6.60. The maximum atomic E-state index is 13.3. The van der Waals surface area contributed by atoms with Crippen LogP contribution in [0.2, 0.25) is 5.02 Å². The van der Waals surface area contributed by atoms with E-state index in [0.29, 0.717) is 23.8 Å². The molecule has 0 saturated carbocycles. The Labute approximate surface area is 159 Å². The molecule has 6 nitrogen and oxygen atoms in total. The van der Waals surface area contributed by atoms with Gasteiger partial charge in [0.2, 0.25) is 17.6 Å². The number of methoxy groups -OCH3 is 1. The van der Waals surface area contributed by atoms with E-state index in [4.69, 9.17) is 20.9 Å². The molecule has 1 aliphatic heterocycles. The van der Waals surface area contributed by atoms with Crippen LogP contribution in [0.15, 0.2) is 47.0 Å². The summed E-state index contributed by atoms with van der Waals surface area (Å²) in [5, 5.41) is 3.92. The third-order valence-corrected chi connectivity index (χ3v) is 4.77. The molecule has 2 heterocycles. The van der Waals surface area contributed by atoms with Gasteiger partial charge in [-0.15, -0.1) is 0 Å². The highest BCUT2D eigenvalue weighted by atomic mass is 35.5. The van der Waals surface area contributed by atoms with E-state index >= 15 is 0 Å². The first-order chi connectivity index (χ1) is 13.0. The van der Waals surface area contributed by atoms with Gasteiger partial charge in [0, 0.05) is 24.2 Å². The van der Waals surface area contributed by atoms with Crippen molar-refractivity contribution in [2.45, 2.75) is 12.3 Å². The zero-order valence-electron chi connectivity index (χ0n) is 14.4. The number of halogens is 2. The Morgan fingerprint density at radius 1 is 1.26 bits per heavy atom. The molecule has 8 heteroatoms. The average Bonchev–Trinajstić information content (AvgIpc) is 3.31. The second kappa shape index (κ2) is 7.00. The van der Waals surface area contributed by atoms with E-state index in [0.717, 1.165) is 11.4 Å². The number of rotatable bonds is 4. The van der Waals surface area contributed by atoms with Crippen LogP contribution < -0.4 is 9.64 Å². The van der Waals surface area contributed by atoms with Gasteiger partial charge in [0.15, 0.2) is 0 Å². The molecule has 1 saturated heterocycles. The molecular formula is C19H15ClFN3O3. The van der Waals surface area contributed by atoms with Gasteiger partial charge in [-0.05, 0) is 42.5 Å². The van der Waals surface area contributed by atoms with E-state index in [-0.39, 0.29) is 23.3 Å². The zero-order chi connectivity index (χ0) is 19.0. The maximum Gasteiger partial charge on any atom is 0.232 e. The number of benzene rings is 2. The summed E-state index contributed by atoms with van der Waals surface area (Å²) in [6, 6.07) is 11.5. The molecule has 0 aliphatic carbocycles. The third-order valence-electron chi connectivity index (χ3n) is 4.48. The van der Waals surface area contributed by atoms with Gasteiger partial charge >= 0.3 is 0 Å². The van der Waals surface area contributed by atoms with Gasteiger partial charge in [-0.3, -0.25) is 4.79 Å². The van der Waals surface area contributed by atoms with E-state index in [1.165, 1.54) is 18.2 Å². The highest BCUT2D eigenvalue weighted by Crippen LogP contribution is 2.33. The molecule has 0 N–H and O–H groups in total. The molecule has 0 radical (unpaired) electrons. The van der Waals surface area contributed by atoms with Crippen LogP contribution in [0.25, 0.3) is 11.4 Å². The Morgan fingerprint density at radius 3 is 2.74 bits per heavy atom. The minimum absolute atomic E-state index is 0.0134. The van der Waals surface area contributed by atoms with Crippen molar-refractivity contribution in [1.82, 2.24) is 10.1 Å². The van der Waals surface area contributed by atoms with Gasteiger partial charge in [-0.1, -0.05) is 16.8 Å². The quantitative estimate of drug-likeness (QED) is 0.675. The molecule has 1 aromatic heterocycles. The smallest absolute Gasteiger partial charge is 0.232 e. The zero-order valence-corrected chi connectivity index (χ0v) is 15.1. The lowest BCUT2D eigenvalue weighted by atomic mass is 10.1. The fourth-order valence-electron chi connectivity index (χ4n) is 3.04. The average molecular weight is 388 g/mol. The summed E-state index contributed by atoms with van der Waals surface area (Å²) in [6.07, 6.45) is 0.276. The summed E-state index contributed by atoms with van der Waals surface area (Å²) in [5.41, 5.74) is 1.33. The van der Waals surface area contributed by atoms with Gasteiger partial charge in [-0.25, -0.2) is 4.39 Å². The van der Waals surface area contributed by atoms with Crippen LogP contribution in [0.5, 0.6) is 5.75 Å². The normalized spacial score (nSPS) is 16.8. The largest absolute Gasteiger partial charge is 0.497 e. The number of nitrogens with zero attached hydrogens (tertiary/aromatic N) is 3. The number of ether oxygens (including phenoxy) is 1. The van der Waals surface area contributed by atoms with Crippen LogP contribution in [0.4, 0.5) is 10.1 Å². The van der Waals surface area contributed by atoms with E-state index in [9.17, 15) is 9.18 Å². The minimum atomic E-state index is -0.513. The van der Waals surface area contributed by atoms with Crippen LogP contribution in [-0.4, -0.2) is 29.7 Å². The minimum Gasteiger partial charge on any atom is -0.497 e. The Morgan fingerprint density at radius 2 is 2.04 bits per heavy atom. The van der Waals surface area contributed by atoms with Crippen molar-refractivity contribution in [2.75, 3.05) is 18.6 Å². The first kappa shape index (κ1) is 17.5. The van der Waals surface area contributed by atoms with Gasteiger partial charge in [-0.2, -0.15) is 4.98 Å². The lowest BCUT2D eigenvalue weighted by Gasteiger charge is -2.16. The van der Waals surface area contributed by atoms with E-state index < -0.39 is 5.82 Å². The molecule has 2 aromatic carbocycles. The lowest BCUT2D eigenvalue weighted by Crippen LogP contribution is -2.24. The number of carbonyl (C=O) groups is 1. The van der Waals surface area contributed by atoms with Crippen molar-refractivity contribution in [2.24, 2.45) is 0 Å². The summed E-state index contributed by atoms with van der Waals surface area (Å²) in [6.45, 7) is 0.441. The highest BCUT2D eigenvalue weighted by molar-refractivity contribution is 6.31. The summed E-state index contributed by atoms with van der Waals surface area (Å²) >= 11 is 5.80. The lowest BCUT2D eigenvalue weighted by molar-refractivity contribution is -0.117. The predicted molar refractivity (Wildman–Crippen MR) is 97.4 cm³/mol. The summed E-state index contributed by atoms with van der Waals surface area (Å²) in [7, 11) is 1.59. The molecule has 27 heavy (non-hydrogen) atoms. The monoisotopic (exact) mass is 387 g/mol. The molecule has 1 fully saturated rings. The predicted octanol–water partition coefficient (Wildman–Crippen LogP) is 4.06. The molecule has 1 amide bonds. The van der Waals surface area contributed by atoms with Crippen molar-refractivity contribution in [3.63, 3.8) is 0 Å². The second-order valence-electron chi connectivity index (χ2n) is 6.19. The molecule has 1 unspecified atom stereocenters. The number of hydrogen-bond acceptors (Lipinski definition) is 5. The number of hydrogen-bond donors (Lipinski definition) is 0. The Balaban J connectivity index is 1.53.